The lowest BCUT2D eigenvalue weighted by atomic mass is 10.1. The Hall–Kier alpha value is -1.89. The second kappa shape index (κ2) is 8.28. The summed E-state index contributed by atoms with van der Waals surface area (Å²) in [4.78, 5) is 25.0. The van der Waals surface area contributed by atoms with Crippen LogP contribution in [0.1, 0.15) is 44.5 Å². The molecule has 6 nitrogen and oxygen atoms in total. The minimum Gasteiger partial charge on any atom is -0.481 e. The molecule has 7 heteroatoms. The summed E-state index contributed by atoms with van der Waals surface area (Å²) in [6, 6.07) is 5.80. The van der Waals surface area contributed by atoms with E-state index in [0.717, 1.165) is 0 Å². The fourth-order valence-electron chi connectivity index (χ4n) is 2.19. The number of rotatable bonds is 8. The number of carboxylic acid groups (broad SMARTS) is 1. The van der Waals surface area contributed by atoms with Crippen LogP contribution in [0.3, 0.4) is 0 Å². The van der Waals surface area contributed by atoms with Gasteiger partial charge in [-0.15, -0.1) is 0 Å². The van der Waals surface area contributed by atoms with E-state index in [1.807, 2.05) is 13.8 Å². The maximum Gasteiger partial charge on any atom is 0.305 e. The molecule has 0 fully saturated rings. The number of benzene rings is 1. The van der Waals surface area contributed by atoms with E-state index in [-0.39, 0.29) is 29.7 Å². The highest BCUT2D eigenvalue weighted by Crippen LogP contribution is 2.17. The highest BCUT2D eigenvalue weighted by Gasteiger charge is 2.21. The molecule has 0 aliphatic rings. The van der Waals surface area contributed by atoms with Gasteiger partial charge < -0.3 is 10.0 Å². The third kappa shape index (κ3) is 5.33. The van der Waals surface area contributed by atoms with Crippen molar-refractivity contribution in [3.63, 3.8) is 0 Å². The standard InChI is InChI=1S/C17H25NO5S/c1-12(2)11-18(10-9-16(19)20)17(21)14-5-7-15(8-6-14)24(22,23)13(3)4/h5-8,12-13H,9-11H2,1-4H3,(H,19,20). The van der Waals surface area contributed by atoms with E-state index in [0.29, 0.717) is 12.1 Å². The van der Waals surface area contributed by atoms with E-state index in [4.69, 9.17) is 5.11 Å². The van der Waals surface area contributed by atoms with Crippen molar-refractivity contribution in [2.45, 2.75) is 44.3 Å². The van der Waals surface area contributed by atoms with Gasteiger partial charge in [-0.1, -0.05) is 13.8 Å². The van der Waals surface area contributed by atoms with Crippen LogP contribution in [-0.2, 0) is 14.6 Å². The molecule has 0 aliphatic heterocycles. The minimum absolute atomic E-state index is 0.123. The van der Waals surface area contributed by atoms with Crippen LogP contribution in [0.25, 0.3) is 0 Å². The van der Waals surface area contributed by atoms with Gasteiger partial charge in [-0.05, 0) is 44.0 Å². The van der Waals surface area contributed by atoms with E-state index < -0.39 is 21.1 Å². The molecule has 0 radical (unpaired) electrons. The lowest BCUT2D eigenvalue weighted by Gasteiger charge is -2.24. The van der Waals surface area contributed by atoms with E-state index in [1.165, 1.54) is 29.2 Å². The molecule has 24 heavy (non-hydrogen) atoms. The maximum atomic E-state index is 12.6. The number of hydrogen-bond acceptors (Lipinski definition) is 4. The average molecular weight is 355 g/mol. The smallest absolute Gasteiger partial charge is 0.305 e. The van der Waals surface area contributed by atoms with E-state index in [1.54, 1.807) is 13.8 Å². The van der Waals surface area contributed by atoms with E-state index in [2.05, 4.69) is 0 Å². The predicted octanol–water partition coefficient (Wildman–Crippen LogP) is 2.44. The minimum atomic E-state index is -3.38. The fourth-order valence-corrected chi connectivity index (χ4v) is 3.25. The molecule has 1 aromatic carbocycles. The Morgan fingerprint density at radius 1 is 1.08 bits per heavy atom. The van der Waals surface area contributed by atoms with Crippen LogP contribution in [0.4, 0.5) is 0 Å². The molecular weight excluding hydrogens is 330 g/mol. The maximum absolute atomic E-state index is 12.6. The number of nitrogens with zero attached hydrogens (tertiary/aromatic N) is 1. The molecule has 0 bridgehead atoms. The normalized spacial score (nSPS) is 11.8. The van der Waals surface area contributed by atoms with Gasteiger partial charge in [0.2, 0.25) is 0 Å². The lowest BCUT2D eigenvalue weighted by molar-refractivity contribution is -0.137. The van der Waals surface area contributed by atoms with Crippen LogP contribution in [0, 0.1) is 5.92 Å². The van der Waals surface area contributed by atoms with Crippen molar-refractivity contribution in [2.75, 3.05) is 13.1 Å². The van der Waals surface area contributed by atoms with Gasteiger partial charge in [0.25, 0.3) is 5.91 Å². The molecule has 0 aromatic heterocycles. The fraction of sp³-hybridized carbons (Fsp3) is 0.529. The summed E-state index contributed by atoms with van der Waals surface area (Å²) in [6.45, 7) is 7.66. The van der Waals surface area contributed by atoms with Crippen molar-refractivity contribution in [2.24, 2.45) is 5.92 Å². The summed E-state index contributed by atoms with van der Waals surface area (Å²) in [5.41, 5.74) is 0.351. The van der Waals surface area contributed by atoms with Crippen LogP contribution in [-0.4, -0.2) is 48.6 Å². The third-order valence-corrected chi connectivity index (χ3v) is 5.69. The first-order valence-corrected chi connectivity index (χ1v) is 9.45. The van der Waals surface area contributed by atoms with Crippen molar-refractivity contribution in [1.29, 1.82) is 0 Å². The number of amides is 1. The van der Waals surface area contributed by atoms with Crippen molar-refractivity contribution >= 4 is 21.7 Å². The molecule has 0 saturated heterocycles. The zero-order chi connectivity index (χ0) is 18.5. The van der Waals surface area contributed by atoms with E-state index >= 15 is 0 Å². The summed E-state index contributed by atoms with van der Waals surface area (Å²) in [6.07, 6.45) is -0.127. The van der Waals surface area contributed by atoms with Gasteiger partial charge in [-0.3, -0.25) is 9.59 Å². The van der Waals surface area contributed by atoms with Gasteiger partial charge in [-0.2, -0.15) is 0 Å². The predicted molar refractivity (Wildman–Crippen MR) is 91.8 cm³/mol. The Bertz CT molecular complexity index is 677. The highest BCUT2D eigenvalue weighted by molar-refractivity contribution is 7.92. The SMILES string of the molecule is CC(C)CN(CCC(=O)O)C(=O)c1ccc(S(=O)(=O)C(C)C)cc1. The number of hydrogen-bond donors (Lipinski definition) is 1. The quantitative estimate of drug-likeness (QED) is 0.773. The third-order valence-electron chi connectivity index (χ3n) is 3.52. The second-order valence-electron chi connectivity index (χ2n) is 6.41. The van der Waals surface area contributed by atoms with Crippen molar-refractivity contribution in [3.8, 4) is 0 Å². The first kappa shape index (κ1) is 20.2. The number of carboxylic acids is 1. The average Bonchev–Trinajstić information content (AvgIpc) is 2.50. The number of carbonyl (C=O) groups excluding carboxylic acids is 1. The second-order valence-corrected chi connectivity index (χ2v) is 8.91. The largest absolute Gasteiger partial charge is 0.481 e. The number of sulfone groups is 1. The Morgan fingerprint density at radius 3 is 2.04 bits per heavy atom. The molecule has 1 N–H and O–H groups in total. The Kier molecular flexibility index (Phi) is 6.95. The summed E-state index contributed by atoms with van der Waals surface area (Å²) in [5.74, 6) is -1.06. The van der Waals surface area contributed by atoms with Gasteiger partial charge in [0, 0.05) is 18.7 Å². The topological polar surface area (TPSA) is 91.8 Å². The molecule has 0 saturated carbocycles. The zero-order valence-corrected chi connectivity index (χ0v) is 15.3. The van der Waals surface area contributed by atoms with Gasteiger partial charge in [0.15, 0.2) is 9.84 Å². The van der Waals surface area contributed by atoms with Crippen LogP contribution >= 0.6 is 0 Å². The van der Waals surface area contributed by atoms with Crippen LogP contribution in [0.2, 0.25) is 0 Å². The zero-order valence-electron chi connectivity index (χ0n) is 14.5. The first-order valence-electron chi connectivity index (χ1n) is 7.90. The molecule has 1 amide bonds. The van der Waals surface area contributed by atoms with Crippen molar-refractivity contribution < 1.29 is 23.1 Å². The molecule has 0 spiro atoms. The summed E-state index contributed by atoms with van der Waals surface area (Å²) >= 11 is 0. The molecular formula is C17H25NO5S. The molecule has 134 valence electrons. The van der Waals surface area contributed by atoms with Gasteiger partial charge in [0.1, 0.15) is 0 Å². The molecule has 0 unspecified atom stereocenters. The molecule has 0 heterocycles. The monoisotopic (exact) mass is 355 g/mol. The molecule has 1 rings (SSSR count). The van der Waals surface area contributed by atoms with Gasteiger partial charge in [0.05, 0.1) is 16.6 Å². The number of carbonyl (C=O) groups is 2. The lowest BCUT2D eigenvalue weighted by Crippen LogP contribution is -2.36. The Labute approximate surface area is 143 Å². The summed E-state index contributed by atoms with van der Waals surface area (Å²) < 4.78 is 24.2. The summed E-state index contributed by atoms with van der Waals surface area (Å²) in [5, 5.41) is 8.29. The summed E-state index contributed by atoms with van der Waals surface area (Å²) in [7, 11) is -3.38. The Balaban J connectivity index is 3.00. The molecule has 0 aliphatic carbocycles. The number of aliphatic carboxylic acids is 1. The highest BCUT2D eigenvalue weighted by atomic mass is 32.2. The molecule has 1 aromatic rings. The first-order chi connectivity index (χ1) is 11.1. The van der Waals surface area contributed by atoms with Crippen LogP contribution < -0.4 is 0 Å². The van der Waals surface area contributed by atoms with Gasteiger partial charge in [-0.25, -0.2) is 8.42 Å². The Morgan fingerprint density at radius 2 is 1.62 bits per heavy atom. The van der Waals surface area contributed by atoms with Crippen molar-refractivity contribution in [3.05, 3.63) is 29.8 Å². The van der Waals surface area contributed by atoms with Gasteiger partial charge >= 0.3 is 5.97 Å². The van der Waals surface area contributed by atoms with E-state index in [9.17, 15) is 18.0 Å². The van der Waals surface area contributed by atoms with Crippen LogP contribution in [0.15, 0.2) is 29.2 Å². The van der Waals surface area contributed by atoms with Crippen LogP contribution in [0.5, 0.6) is 0 Å². The van der Waals surface area contributed by atoms with Crippen molar-refractivity contribution in [1.82, 2.24) is 4.90 Å². The molecule has 0 atom stereocenters.